The highest BCUT2D eigenvalue weighted by Gasteiger charge is 2.35. The van der Waals surface area contributed by atoms with E-state index in [4.69, 9.17) is 11.6 Å². The number of fused-ring (bicyclic) bond motifs is 1. The van der Waals surface area contributed by atoms with Crippen molar-refractivity contribution in [2.45, 2.75) is 45.1 Å². The third kappa shape index (κ3) is 5.40. The minimum absolute atomic E-state index is 0.180. The Morgan fingerprint density at radius 3 is 2.32 bits per heavy atom. The van der Waals surface area contributed by atoms with Gasteiger partial charge in [-0.05, 0) is 61.2 Å². The summed E-state index contributed by atoms with van der Waals surface area (Å²) in [5, 5.41) is 10.1. The van der Waals surface area contributed by atoms with Gasteiger partial charge in [0.25, 0.3) is 0 Å². The van der Waals surface area contributed by atoms with E-state index < -0.39 is 12.2 Å². The first-order chi connectivity index (χ1) is 13.3. The molecule has 0 saturated heterocycles. The SMILES string of the molecule is CC(NCc1ccc(CNc2c(Cl)ccc3c2CCNCC3)cc1)C(F)(F)F. The van der Waals surface area contributed by atoms with Gasteiger partial charge in [0.1, 0.15) is 6.04 Å². The topological polar surface area (TPSA) is 36.1 Å². The van der Waals surface area contributed by atoms with Gasteiger partial charge in [-0.15, -0.1) is 0 Å². The number of rotatable bonds is 6. The summed E-state index contributed by atoms with van der Waals surface area (Å²) in [7, 11) is 0. The van der Waals surface area contributed by atoms with E-state index in [1.165, 1.54) is 11.1 Å². The minimum atomic E-state index is -4.23. The molecule has 0 bridgehead atoms. The van der Waals surface area contributed by atoms with Crippen LogP contribution >= 0.6 is 11.6 Å². The first kappa shape index (κ1) is 21.0. The lowest BCUT2D eigenvalue weighted by Crippen LogP contribution is -2.39. The highest BCUT2D eigenvalue weighted by molar-refractivity contribution is 6.33. The molecule has 3 N–H and O–H groups in total. The molecular weight excluding hydrogens is 387 g/mol. The number of hydrogen-bond donors (Lipinski definition) is 3. The Kier molecular flexibility index (Phi) is 6.86. The zero-order valence-electron chi connectivity index (χ0n) is 15.8. The van der Waals surface area contributed by atoms with Gasteiger partial charge >= 0.3 is 6.18 Å². The summed E-state index contributed by atoms with van der Waals surface area (Å²) in [6.45, 7) is 3.81. The van der Waals surface area contributed by atoms with Gasteiger partial charge in [-0.3, -0.25) is 0 Å². The van der Waals surface area contributed by atoms with Gasteiger partial charge in [0.2, 0.25) is 0 Å². The second-order valence-corrected chi connectivity index (χ2v) is 7.53. The van der Waals surface area contributed by atoms with Crippen molar-refractivity contribution in [3.63, 3.8) is 0 Å². The highest BCUT2D eigenvalue weighted by Crippen LogP contribution is 2.31. The van der Waals surface area contributed by atoms with Crippen LogP contribution in [0, 0.1) is 0 Å². The fraction of sp³-hybridized carbons (Fsp3) is 0.429. The predicted molar refractivity (Wildman–Crippen MR) is 108 cm³/mol. The van der Waals surface area contributed by atoms with Crippen molar-refractivity contribution in [2.24, 2.45) is 0 Å². The average molecular weight is 412 g/mol. The van der Waals surface area contributed by atoms with E-state index >= 15 is 0 Å². The number of alkyl halides is 3. The molecule has 1 heterocycles. The Morgan fingerprint density at radius 2 is 1.64 bits per heavy atom. The second-order valence-electron chi connectivity index (χ2n) is 7.12. The third-order valence-electron chi connectivity index (χ3n) is 5.08. The molecule has 7 heteroatoms. The van der Waals surface area contributed by atoms with Gasteiger partial charge < -0.3 is 16.0 Å². The Labute approximate surface area is 168 Å². The monoisotopic (exact) mass is 411 g/mol. The van der Waals surface area contributed by atoms with E-state index in [0.29, 0.717) is 11.6 Å². The molecule has 0 aliphatic carbocycles. The van der Waals surface area contributed by atoms with Gasteiger partial charge in [0.05, 0.1) is 10.7 Å². The van der Waals surface area contributed by atoms with Gasteiger partial charge in [0, 0.05) is 13.1 Å². The summed E-state index contributed by atoms with van der Waals surface area (Å²) in [6.07, 6.45) is -2.31. The number of benzene rings is 2. The Hall–Kier alpha value is -1.76. The van der Waals surface area contributed by atoms with Crippen LogP contribution in [0.1, 0.15) is 29.2 Å². The minimum Gasteiger partial charge on any atom is -0.380 e. The van der Waals surface area contributed by atoms with Crippen LogP contribution in [-0.4, -0.2) is 25.3 Å². The van der Waals surface area contributed by atoms with Crippen molar-refractivity contribution in [3.05, 3.63) is 63.7 Å². The summed E-state index contributed by atoms with van der Waals surface area (Å²) in [4.78, 5) is 0. The summed E-state index contributed by atoms with van der Waals surface area (Å²) in [6, 6.07) is 10.1. The number of halogens is 4. The summed E-state index contributed by atoms with van der Waals surface area (Å²) >= 11 is 6.43. The molecule has 3 nitrogen and oxygen atoms in total. The predicted octanol–water partition coefficient (Wildman–Crippen LogP) is 4.68. The number of hydrogen-bond acceptors (Lipinski definition) is 3. The maximum atomic E-state index is 12.6. The second kappa shape index (κ2) is 9.16. The van der Waals surface area contributed by atoms with Gasteiger partial charge in [-0.1, -0.05) is 41.9 Å². The zero-order chi connectivity index (χ0) is 20.1. The lowest BCUT2D eigenvalue weighted by Gasteiger charge is -2.18. The van der Waals surface area contributed by atoms with Crippen molar-refractivity contribution in [1.29, 1.82) is 0 Å². The Balaban J connectivity index is 1.61. The van der Waals surface area contributed by atoms with Gasteiger partial charge in [-0.25, -0.2) is 0 Å². The van der Waals surface area contributed by atoms with Gasteiger partial charge in [-0.2, -0.15) is 13.2 Å². The van der Waals surface area contributed by atoms with Crippen molar-refractivity contribution in [3.8, 4) is 0 Å². The lowest BCUT2D eigenvalue weighted by molar-refractivity contribution is -0.151. The molecule has 28 heavy (non-hydrogen) atoms. The first-order valence-corrected chi connectivity index (χ1v) is 9.85. The van der Waals surface area contributed by atoms with E-state index in [2.05, 4.69) is 22.0 Å². The molecular formula is C21H25ClF3N3. The molecule has 0 spiro atoms. The molecule has 0 saturated carbocycles. The largest absolute Gasteiger partial charge is 0.403 e. The van der Waals surface area contributed by atoms with Crippen molar-refractivity contribution >= 4 is 17.3 Å². The van der Waals surface area contributed by atoms with Crippen LogP contribution in [-0.2, 0) is 25.9 Å². The van der Waals surface area contributed by atoms with Crippen molar-refractivity contribution in [1.82, 2.24) is 10.6 Å². The smallest absolute Gasteiger partial charge is 0.380 e. The average Bonchev–Trinajstić information content (AvgIpc) is 2.91. The lowest BCUT2D eigenvalue weighted by atomic mass is 10.0. The molecule has 0 fully saturated rings. The maximum Gasteiger partial charge on any atom is 0.403 e. The van der Waals surface area contributed by atoms with E-state index in [9.17, 15) is 13.2 Å². The molecule has 1 aliphatic heterocycles. The van der Waals surface area contributed by atoms with Crippen LogP contribution in [0.5, 0.6) is 0 Å². The molecule has 152 valence electrons. The molecule has 2 aromatic carbocycles. The van der Waals surface area contributed by atoms with Crippen LogP contribution in [0.25, 0.3) is 0 Å². The van der Waals surface area contributed by atoms with Crippen LogP contribution in [0.15, 0.2) is 36.4 Å². The molecule has 2 aromatic rings. The summed E-state index contributed by atoms with van der Waals surface area (Å²) in [5.41, 5.74) is 5.43. The molecule has 0 radical (unpaired) electrons. The maximum absolute atomic E-state index is 12.6. The third-order valence-corrected chi connectivity index (χ3v) is 5.39. The first-order valence-electron chi connectivity index (χ1n) is 9.47. The van der Waals surface area contributed by atoms with Crippen LogP contribution < -0.4 is 16.0 Å². The van der Waals surface area contributed by atoms with Crippen LogP contribution in [0.4, 0.5) is 18.9 Å². The normalized spacial score (nSPS) is 15.6. The van der Waals surface area contributed by atoms with Crippen LogP contribution in [0.3, 0.4) is 0 Å². The van der Waals surface area contributed by atoms with Crippen LogP contribution in [0.2, 0.25) is 5.02 Å². The fourth-order valence-electron chi connectivity index (χ4n) is 3.29. The van der Waals surface area contributed by atoms with Gasteiger partial charge in [0.15, 0.2) is 0 Å². The molecule has 0 amide bonds. The number of nitrogens with one attached hydrogen (secondary N) is 3. The molecule has 0 aromatic heterocycles. The van der Waals surface area contributed by atoms with E-state index in [0.717, 1.165) is 49.7 Å². The van der Waals surface area contributed by atoms with E-state index in [-0.39, 0.29) is 6.54 Å². The Bertz CT molecular complexity index is 791. The van der Waals surface area contributed by atoms with E-state index in [1.807, 2.05) is 30.3 Å². The Morgan fingerprint density at radius 1 is 1.00 bits per heavy atom. The van der Waals surface area contributed by atoms with Crippen molar-refractivity contribution < 1.29 is 13.2 Å². The van der Waals surface area contributed by atoms with Crippen molar-refractivity contribution in [2.75, 3.05) is 18.4 Å². The molecule has 1 aliphatic rings. The molecule has 1 atom stereocenters. The summed E-state index contributed by atoms with van der Waals surface area (Å²) < 4.78 is 37.7. The zero-order valence-corrected chi connectivity index (χ0v) is 16.6. The fourth-order valence-corrected chi connectivity index (χ4v) is 3.53. The molecule has 3 rings (SSSR count). The quantitative estimate of drug-likeness (QED) is 0.646. The number of anilines is 1. The molecule has 1 unspecified atom stereocenters. The standard InChI is InChI=1S/C21H25ClF3N3/c1-14(21(23,24)25)27-12-15-2-4-16(5-3-15)13-28-20-18-9-11-26-10-8-17(18)6-7-19(20)22/h2-7,14,26-28H,8-13H2,1H3. The highest BCUT2D eigenvalue weighted by atomic mass is 35.5. The summed E-state index contributed by atoms with van der Waals surface area (Å²) in [5.74, 6) is 0. The van der Waals surface area contributed by atoms with E-state index in [1.54, 1.807) is 0 Å².